The average molecular weight is 439 g/mol. The first-order valence-corrected chi connectivity index (χ1v) is 10.5. The van der Waals surface area contributed by atoms with Crippen molar-refractivity contribution in [3.8, 4) is 5.75 Å². The Hall–Kier alpha value is -3.59. The van der Waals surface area contributed by atoms with Crippen molar-refractivity contribution in [2.45, 2.75) is 18.9 Å². The predicted octanol–water partition coefficient (Wildman–Crippen LogP) is 4.01. The Morgan fingerprint density at radius 3 is 2.62 bits per heavy atom. The normalized spacial score (nSPS) is 14.1. The topological polar surface area (TPSA) is 97.6 Å². The number of hydrogen-bond acceptors (Lipinski definition) is 8. The van der Waals surface area contributed by atoms with Crippen LogP contribution in [0.5, 0.6) is 5.75 Å². The number of aromatic nitrogens is 2. The quantitative estimate of drug-likeness (QED) is 0.454. The van der Waals surface area contributed by atoms with Crippen LogP contribution in [0, 0.1) is 5.82 Å². The number of ether oxygens (including phenoxy) is 2. The monoisotopic (exact) mass is 438 g/mol. The molecule has 1 saturated heterocycles. The molecular formula is C23H27FN6O2. The minimum atomic E-state index is -0.308. The maximum Gasteiger partial charge on any atom is 0.229 e. The molecule has 0 unspecified atom stereocenters. The Bertz CT molecular complexity index is 1030. The molecule has 8 nitrogen and oxygen atoms in total. The molecule has 1 fully saturated rings. The third kappa shape index (κ3) is 5.17. The lowest BCUT2D eigenvalue weighted by Gasteiger charge is -2.36. The van der Waals surface area contributed by atoms with E-state index < -0.39 is 0 Å². The van der Waals surface area contributed by atoms with Gasteiger partial charge in [0.1, 0.15) is 11.6 Å². The number of nitrogens with one attached hydrogen (secondary N) is 2. The van der Waals surface area contributed by atoms with Gasteiger partial charge in [0, 0.05) is 24.9 Å². The number of para-hydroxylation sites is 1. The van der Waals surface area contributed by atoms with Crippen LogP contribution < -0.4 is 26.0 Å². The van der Waals surface area contributed by atoms with Crippen molar-refractivity contribution < 1.29 is 13.9 Å². The summed E-state index contributed by atoms with van der Waals surface area (Å²) in [5.41, 5.74) is 7.98. The molecule has 9 heteroatoms. The highest BCUT2D eigenvalue weighted by Gasteiger charge is 2.25. The Balaban J connectivity index is 1.58. The highest BCUT2D eigenvalue weighted by atomic mass is 19.1. The summed E-state index contributed by atoms with van der Waals surface area (Å²) in [6, 6.07) is 14.2. The summed E-state index contributed by atoms with van der Waals surface area (Å²) in [6.07, 6.45) is 3.23. The lowest BCUT2D eigenvalue weighted by atomic mass is 10.1. The standard InChI is InChI=1S/C23H27FN6O2/c1-31-18-8-6-16(7-9-18)28-23-26-14-20(25)22(29-23)30(17-10-12-32-13-11-17)15-27-21-5-3-2-4-19(21)24/h2-9,14,17,27H,10-13,15,25H2,1H3,(H,26,28,29). The summed E-state index contributed by atoms with van der Waals surface area (Å²) >= 11 is 0. The van der Waals surface area contributed by atoms with E-state index in [1.165, 1.54) is 6.07 Å². The number of halogens is 1. The minimum Gasteiger partial charge on any atom is -0.497 e. The van der Waals surface area contributed by atoms with Crippen LogP contribution in [0.1, 0.15) is 12.8 Å². The summed E-state index contributed by atoms with van der Waals surface area (Å²) in [4.78, 5) is 11.1. The van der Waals surface area contributed by atoms with Crippen LogP contribution in [0.15, 0.2) is 54.7 Å². The molecule has 0 spiro atoms. The van der Waals surface area contributed by atoms with Crippen molar-refractivity contribution in [2.24, 2.45) is 0 Å². The van der Waals surface area contributed by atoms with Crippen molar-refractivity contribution in [1.29, 1.82) is 0 Å². The van der Waals surface area contributed by atoms with Gasteiger partial charge in [-0.1, -0.05) is 12.1 Å². The number of nitrogens with zero attached hydrogens (tertiary/aromatic N) is 3. The zero-order valence-corrected chi connectivity index (χ0v) is 17.9. The van der Waals surface area contributed by atoms with Gasteiger partial charge in [0.05, 0.1) is 31.4 Å². The molecule has 0 bridgehead atoms. The first-order valence-electron chi connectivity index (χ1n) is 10.5. The van der Waals surface area contributed by atoms with Gasteiger partial charge in [-0.3, -0.25) is 0 Å². The van der Waals surface area contributed by atoms with Gasteiger partial charge in [-0.15, -0.1) is 0 Å². The molecule has 0 radical (unpaired) electrons. The summed E-state index contributed by atoms with van der Waals surface area (Å²) in [6.45, 7) is 1.65. The highest BCUT2D eigenvalue weighted by molar-refractivity contribution is 5.66. The van der Waals surface area contributed by atoms with Gasteiger partial charge in [-0.05, 0) is 49.2 Å². The fraction of sp³-hybridized carbons (Fsp3) is 0.304. The Morgan fingerprint density at radius 1 is 1.16 bits per heavy atom. The van der Waals surface area contributed by atoms with Crippen molar-refractivity contribution in [1.82, 2.24) is 9.97 Å². The summed E-state index contributed by atoms with van der Waals surface area (Å²) < 4.78 is 24.9. The number of nitrogens with two attached hydrogens (primary N) is 1. The first kappa shape index (κ1) is 21.6. The summed E-state index contributed by atoms with van der Waals surface area (Å²) in [7, 11) is 1.62. The third-order valence-corrected chi connectivity index (χ3v) is 5.36. The second-order valence-corrected chi connectivity index (χ2v) is 7.45. The average Bonchev–Trinajstić information content (AvgIpc) is 2.83. The molecular weight excluding hydrogens is 411 g/mol. The molecule has 0 atom stereocenters. The maximum absolute atomic E-state index is 14.2. The van der Waals surface area contributed by atoms with E-state index in [-0.39, 0.29) is 11.9 Å². The van der Waals surface area contributed by atoms with Gasteiger partial charge < -0.3 is 30.7 Å². The number of nitrogen functional groups attached to an aromatic ring is 1. The Morgan fingerprint density at radius 2 is 1.91 bits per heavy atom. The smallest absolute Gasteiger partial charge is 0.229 e. The number of hydrogen-bond donors (Lipinski definition) is 3. The van der Waals surface area contributed by atoms with E-state index in [2.05, 4.69) is 20.5 Å². The lowest BCUT2D eigenvalue weighted by molar-refractivity contribution is 0.0846. The zero-order chi connectivity index (χ0) is 22.3. The second kappa shape index (κ2) is 10.1. The van der Waals surface area contributed by atoms with E-state index >= 15 is 0 Å². The van der Waals surface area contributed by atoms with Crippen LogP contribution in [0.4, 0.5) is 33.2 Å². The lowest BCUT2D eigenvalue weighted by Crippen LogP contribution is -2.43. The Kier molecular flexibility index (Phi) is 6.86. The predicted molar refractivity (Wildman–Crippen MR) is 124 cm³/mol. The van der Waals surface area contributed by atoms with Crippen LogP contribution in [-0.2, 0) is 4.74 Å². The van der Waals surface area contributed by atoms with E-state index in [0.717, 1.165) is 24.3 Å². The van der Waals surface area contributed by atoms with E-state index in [4.69, 9.17) is 20.2 Å². The van der Waals surface area contributed by atoms with Crippen LogP contribution in [0.3, 0.4) is 0 Å². The number of anilines is 5. The number of methoxy groups -OCH3 is 1. The molecule has 1 aliphatic heterocycles. The Labute approximate surface area is 186 Å². The molecule has 2 heterocycles. The second-order valence-electron chi connectivity index (χ2n) is 7.45. The SMILES string of the molecule is COc1ccc(Nc2ncc(N)c(N(CNc3ccccc3F)C3CCOCC3)n2)cc1. The molecule has 0 saturated carbocycles. The zero-order valence-electron chi connectivity index (χ0n) is 17.9. The molecule has 3 aromatic rings. The maximum atomic E-state index is 14.2. The number of rotatable bonds is 8. The van der Waals surface area contributed by atoms with Crippen LogP contribution >= 0.6 is 0 Å². The molecule has 4 rings (SSSR count). The van der Waals surface area contributed by atoms with Gasteiger partial charge in [-0.25, -0.2) is 9.37 Å². The molecule has 0 amide bonds. The molecule has 1 aliphatic rings. The molecule has 32 heavy (non-hydrogen) atoms. The molecule has 0 aliphatic carbocycles. The highest BCUT2D eigenvalue weighted by Crippen LogP contribution is 2.28. The fourth-order valence-corrected chi connectivity index (χ4v) is 3.62. The van der Waals surface area contributed by atoms with E-state index in [0.29, 0.717) is 43.0 Å². The van der Waals surface area contributed by atoms with Crippen molar-refractivity contribution in [3.05, 3.63) is 60.5 Å². The number of benzene rings is 2. The van der Waals surface area contributed by atoms with Gasteiger partial charge in [0.25, 0.3) is 0 Å². The van der Waals surface area contributed by atoms with Gasteiger partial charge >= 0.3 is 0 Å². The third-order valence-electron chi connectivity index (χ3n) is 5.36. The van der Waals surface area contributed by atoms with Crippen LogP contribution in [0.25, 0.3) is 0 Å². The molecule has 1 aromatic heterocycles. The van der Waals surface area contributed by atoms with Gasteiger partial charge in [-0.2, -0.15) is 4.98 Å². The first-order chi connectivity index (χ1) is 15.6. The van der Waals surface area contributed by atoms with E-state index in [9.17, 15) is 4.39 Å². The summed E-state index contributed by atoms with van der Waals surface area (Å²) in [5.74, 6) is 1.46. The molecule has 4 N–H and O–H groups in total. The van der Waals surface area contributed by atoms with Crippen molar-refractivity contribution in [3.63, 3.8) is 0 Å². The summed E-state index contributed by atoms with van der Waals surface area (Å²) in [5, 5.41) is 6.38. The molecule has 168 valence electrons. The molecule has 2 aromatic carbocycles. The van der Waals surface area contributed by atoms with Crippen molar-refractivity contribution >= 4 is 28.8 Å². The fourth-order valence-electron chi connectivity index (χ4n) is 3.62. The van der Waals surface area contributed by atoms with Crippen LogP contribution in [0.2, 0.25) is 0 Å². The van der Waals surface area contributed by atoms with Gasteiger partial charge in [0.15, 0.2) is 5.82 Å². The van der Waals surface area contributed by atoms with E-state index in [1.807, 2.05) is 24.3 Å². The largest absolute Gasteiger partial charge is 0.497 e. The minimum absolute atomic E-state index is 0.147. The van der Waals surface area contributed by atoms with E-state index in [1.54, 1.807) is 31.5 Å². The van der Waals surface area contributed by atoms with Crippen molar-refractivity contribution in [2.75, 3.05) is 48.3 Å². The van der Waals surface area contributed by atoms with Crippen LogP contribution in [-0.4, -0.2) is 43.0 Å². The van der Waals surface area contributed by atoms with Gasteiger partial charge in [0.2, 0.25) is 5.95 Å².